The summed E-state index contributed by atoms with van der Waals surface area (Å²) in [5.74, 6) is -1.11. The minimum absolute atomic E-state index is 0.210. The van der Waals surface area contributed by atoms with Gasteiger partial charge in [-0.2, -0.15) is 0 Å². The van der Waals surface area contributed by atoms with Crippen molar-refractivity contribution >= 4 is 21.8 Å². The van der Waals surface area contributed by atoms with E-state index in [-0.39, 0.29) is 5.41 Å². The Balaban J connectivity index is 1.76. The van der Waals surface area contributed by atoms with Gasteiger partial charge in [-0.15, -0.1) is 0 Å². The van der Waals surface area contributed by atoms with Crippen LogP contribution >= 0.6 is 0 Å². The molecule has 0 bridgehead atoms. The second-order valence-corrected chi connectivity index (χ2v) is 8.70. The molecule has 2 nitrogen and oxygen atoms in total. The van der Waals surface area contributed by atoms with Crippen LogP contribution in [0.25, 0.3) is 21.8 Å². The van der Waals surface area contributed by atoms with Gasteiger partial charge in [0.05, 0.1) is 11.2 Å². The number of aryl methyl sites for hydroxylation is 1. The van der Waals surface area contributed by atoms with Crippen molar-refractivity contribution in [3.63, 3.8) is 0 Å². The maximum Gasteiger partial charge on any atom is 0.126 e. The van der Waals surface area contributed by atoms with Crippen molar-refractivity contribution in [2.24, 2.45) is 5.41 Å². The Hall–Kier alpha value is -2.75. The van der Waals surface area contributed by atoms with Crippen LogP contribution in [-0.2, 0) is 19.3 Å². The minimum Gasteiger partial charge on any atom is -0.353 e. The van der Waals surface area contributed by atoms with Crippen molar-refractivity contribution in [2.45, 2.75) is 39.5 Å². The average Bonchev–Trinajstić information content (AvgIpc) is 3.00. The number of aromatic amines is 1. The van der Waals surface area contributed by atoms with E-state index in [1.54, 1.807) is 0 Å². The zero-order valence-corrected chi connectivity index (χ0v) is 16.1. The van der Waals surface area contributed by atoms with E-state index in [1.165, 1.54) is 28.5 Å². The monoisotopic (exact) mass is 376 g/mol. The predicted molar refractivity (Wildman–Crippen MR) is 109 cm³/mol. The van der Waals surface area contributed by atoms with Crippen molar-refractivity contribution < 1.29 is 8.78 Å². The van der Waals surface area contributed by atoms with Crippen molar-refractivity contribution in [3.05, 3.63) is 76.6 Å². The van der Waals surface area contributed by atoms with Gasteiger partial charge in [0.15, 0.2) is 0 Å². The number of halogens is 2. The molecule has 0 saturated carbocycles. The summed E-state index contributed by atoms with van der Waals surface area (Å²) >= 11 is 0. The summed E-state index contributed by atoms with van der Waals surface area (Å²) in [5.41, 5.74) is 6.17. The third kappa shape index (κ3) is 2.88. The van der Waals surface area contributed by atoms with Gasteiger partial charge in [0.2, 0.25) is 0 Å². The van der Waals surface area contributed by atoms with Gasteiger partial charge in [0.25, 0.3) is 0 Å². The van der Waals surface area contributed by atoms with Gasteiger partial charge in [0, 0.05) is 34.5 Å². The number of aromatic nitrogens is 2. The molecule has 0 amide bonds. The largest absolute Gasteiger partial charge is 0.353 e. The number of nitrogens with zero attached hydrogens (tertiary/aromatic N) is 1. The van der Waals surface area contributed by atoms with E-state index in [9.17, 15) is 8.78 Å². The molecule has 0 radical (unpaired) electrons. The topological polar surface area (TPSA) is 28.7 Å². The molecule has 0 aliphatic heterocycles. The second-order valence-electron chi connectivity index (χ2n) is 8.70. The minimum atomic E-state index is -0.554. The number of benzene rings is 2. The molecule has 1 aliphatic carbocycles. The fourth-order valence-electron chi connectivity index (χ4n) is 4.56. The molecule has 4 heteroatoms. The molecule has 1 aliphatic rings. The number of pyridine rings is 1. The normalized spacial score (nSPS) is 15.9. The van der Waals surface area contributed by atoms with Crippen LogP contribution in [0.2, 0.25) is 0 Å². The summed E-state index contributed by atoms with van der Waals surface area (Å²) in [6.45, 7) is 4.55. The maximum absolute atomic E-state index is 13.7. The molecule has 5 rings (SSSR count). The molecule has 0 unspecified atom stereocenters. The number of nitrogens with one attached hydrogen (secondary N) is 1. The van der Waals surface area contributed by atoms with Crippen molar-refractivity contribution in [1.82, 2.24) is 9.97 Å². The van der Waals surface area contributed by atoms with Gasteiger partial charge >= 0.3 is 0 Å². The van der Waals surface area contributed by atoms with Gasteiger partial charge in [-0.1, -0.05) is 32.0 Å². The van der Waals surface area contributed by atoms with Crippen molar-refractivity contribution in [1.29, 1.82) is 0 Å². The fourth-order valence-corrected chi connectivity index (χ4v) is 4.56. The average molecular weight is 376 g/mol. The fraction of sp³-hybridized carbons (Fsp3) is 0.292. The van der Waals surface area contributed by atoms with E-state index >= 15 is 0 Å². The highest BCUT2D eigenvalue weighted by atomic mass is 19.1. The number of H-pyrrole nitrogens is 1. The molecule has 2 heterocycles. The molecule has 28 heavy (non-hydrogen) atoms. The summed E-state index contributed by atoms with van der Waals surface area (Å²) in [6, 6.07) is 12.0. The summed E-state index contributed by atoms with van der Waals surface area (Å²) in [4.78, 5) is 8.53. The van der Waals surface area contributed by atoms with Crippen LogP contribution in [0.4, 0.5) is 8.78 Å². The van der Waals surface area contributed by atoms with E-state index in [1.807, 2.05) is 6.07 Å². The molecule has 142 valence electrons. The Kier molecular flexibility index (Phi) is 3.80. The van der Waals surface area contributed by atoms with E-state index in [4.69, 9.17) is 4.98 Å². The molecule has 2 aromatic heterocycles. The lowest BCUT2D eigenvalue weighted by atomic mass is 9.75. The third-order valence-corrected chi connectivity index (χ3v) is 5.91. The molecule has 2 aromatic carbocycles. The van der Waals surface area contributed by atoms with Gasteiger partial charge < -0.3 is 4.98 Å². The Labute approximate surface area is 162 Å². The first-order valence-electron chi connectivity index (χ1n) is 9.76. The number of fused-ring (bicyclic) bond motifs is 5. The second kappa shape index (κ2) is 6.13. The standard InChI is InChI=1S/C24H22F2N2/c1-24(2)8-7-18-21(13-24)27-20(11-14-9-15(25)12-16(26)10-14)23-22(18)17-5-3-4-6-19(17)28-23/h3-6,9-10,12,28H,7-8,11,13H2,1-2H3. The van der Waals surface area contributed by atoms with Crippen molar-refractivity contribution in [2.75, 3.05) is 0 Å². The SMILES string of the molecule is CC1(C)CCc2c(nc(Cc3cc(F)cc(F)c3)c3[nH]c4ccccc4c23)C1. The molecular formula is C24H22F2N2. The highest BCUT2D eigenvalue weighted by Crippen LogP contribution is 2.40. The van der Waals surface area contributed by atoms with Crippen LogP contribution in [0.15, 0.2) is 42.5 Å². The molecule has 0 spiro atoms. The zero-order chi connectivity index (χ0) is 19.5. The smallest absolute Gasteiger partial charge is 0.126 e. The lowest BCUT2D eigenvalue weighted by molar-refractivity contribution is 0.311. The molecule has 0 saturated heterocycles. The first kappa shape index (κ1) is 17.4. The Morgan fingerprint density at radius 1 is 1.07 bits per heavy atom. The van der Waals surface area contributed by atoms with E-state index in [0.29, 0.717) is 12.0 Å². The zero-order valence-electron chi connectivity index (χ0n) is 16.1. The van der Waals surface area contributed by atoms with Gasteiger partial charge in [-0.3, -0.25) is 4.98 Å². The highest BCUT2D eigenvalue weighted by Gasteiger charge is 2.29. The van der Waals surface area contributed by atoms with Gasteiger partial charge in [-0.05, 0) is 54.0 Å². The molecule has 1 N–H and O–H groups in total. The first-order valence-corrected chi connectivity index (χ1v) is 9.76. The number of rotatable bonds is 2. The maximum atomic E-state index is 13.7. The number of para-hydroxylation sites is 1. The van der Waals surface area contributed by atoms with E-state index in [2.05, 4.69) is 37.0 Å². The lowest BCUT2D eigenvalue weighted by Crippen LogP contribution is -2.24. The van der Waals surface area contributed by atoms with E-state index < -0.39 is 11.6 Å². The van der Waals surface area contributed by atoms with Crippen LogP contribution in [0.3, 0.4) is 0 Å². The summed E-state index contributed by atoms with van der Waals surface area (Å²) in [6.07, 6.45) is 3.45. The molecule has 4 aromatic rings. The Bertz CT molecular complexity index is 1200. The highest BCUT2D eigenvalue weighted by molar-refractivity contribution is 6.10. The number of hydrogen-bond acceptors (Lipinski definition) is 1. The lowest BCUT2D eigenvalue weighted by Gasteiger charge is -2.31. The van der Waals surface area contributed by atoms with Gasteiger partial charge in [0.1, 0.15) is 11.6 Å². The summed E-state index contributed by atoms with van der Waals surface area (Å²) in [7, 11) is 0. The van der Waals surface area contributed by atoms with Crippen LogP contribution in [0.5, 0.6) is 0 Å². The number of hydrogen-bond donors (Lipinski definition) is 1. The summed E-state index contributed by atoms with van der Waals surface area (Å²) < 4.78 is 27.4. The molecule has 0 fully saturated rings. The van der Waals surface area contributed by atoms with Crippen molar-refractivity contribution in [3.8, 4) is 0 Å². The molecule has 0 atom stereocenters. The van der Waals surface area contributed by atoms with Crippen LogP contribution < -0.4 is 0 Å². The Morgan fingerprint density at radius 2 is 1.82 bits per heavy atom. The Morgan fingerprint density at radius 3 is 2.61 bits per heavy atom. The quantitative estimate of drug-likeness (QED) is 0.450. The first-order chi connectivity index (χ1) is 13.4. The summed E-state index contributed by atoms with van der Waals surface area (Å²) in [5, 5.41) is 2.42. The predicted octanol–water partition coefficient (Wildman–Crippen LogP) is 6.10. The van der Waals surface area contributed by atoms with Crippen LogP contribution in [0, 0.1) is 17.0 Å². The molecular weight excluding hydrogens is 354 g/mol. The van der Waals surface area contributed by atoms with Crippen LogP contribution in [0.1, 0.15) is 42.8 Å². The van der Waals surface area contributed by atoms with Gasteiger partial charge in [-0.25, -0.2) is 8.78 Å². The van der Waals surface area contributed by atoms with E-state index in [0.717, 1.165) is 47.8 Å². The third-order valence-electron chi connectivity index (χ3n) is 5.91. The van der Waals surface area contributed by atoms with Crippen LogP contribution in [-0.4, -0.2) is 9.97 Å².